The maximum atomic E-state index is 13.0. The zero-order valence-corrected chi connectivity index (χ0v) is 16.4. The van der Waals surface area contributed by atoms with Gasteiger partial charge in [0.25, 0.3) is 5.91 Å². The fraction of sp³-hybridized carbons (Fsp3) is 0.150. The first-order valence-corrected chi connectivity index (χ1v) is 9.62. The third-order valence-corrected chi connectivity index (χ3v) is 5.51. The van der Waals surface area contributed by atoms with Crippen molar-refractivity contribution in [2.45, 2.75) is 12.6 Å². The van der Waals surface area contributed by atoms with Crippen LogP contribution in [0.15, 0.2) is 53.4 Å². The smallest absolute Gasteiger partial charge is 0.416 e. The summed E-state index contributed by atoms with van der Waals surface area (Å²) in [5.74, 6) is -1.41. The summed E-state index contributed by atoms with van der Waals surface area (Å²) in [4.78, 5) is 24.8. The van der Waals surface area contributed by atoms with E-state index in [4.69, 9.17) is 17.3 Å². The van der Waals surface area contributed by atoms with Crippen LogP contribution in [-0.2, 0) is 15.8 Å². The molecule has 0 bridgehead atoms. The van der Waals surface area contributed by atoms with E-state index in [2.05, 4.69) is 0 Å². The maximum Gasteiger partial charge on any atom is 0.416 e. The summed E-state index contributed by atoms with van der Waals surface area (Å²) in [7, 11) is 0. The van der Waals surface area contributed by atoms with Crippen molar-refractivity contribution in [2.75, 3.05) is 6.54 Å². The van der Waals surface area contributed by atoms with Gasteiger partial charge in [0.15, 0.2) is 0 Å². The molecule has 0 atom stereocenters. The van der Waals surface area contributed by atoms with E-state index < -0.39 is 17.7 Å². The van der Waals surface area contributed by atoms with Gasteiger partial charge in [0.1, 0.15) is 4.32 Å². The Balaban J connectivity index is 1.86. The van der Waals surface area contributed by atoms with Crippen LogP contribution in [0.2, 0.25) is 0 Å². The number of carboxylic acids is 1. The van der Waals surface area contributed by atoms with Crippen LogP contribution in [0.1, 0.15) is 17.5 Å². The third-order valence-electron chi connectivity index (χ3n) is 4.13. The number of benzene rings is 2. The van der Waals surface area contributed by atoms with E-state index in [0.29, 0.717) is 21.6 Å². The molecule has 29 heavy (non-hydrogen) atoms. The minimum atomic E-state index is -4.43. The summed E-state index contributed by atoms with van der Waals surface area (Å²) >= 11 is 6.21. The topological polar surface area (TPSA) is 57.6 Å². The zero-order valence-electron chi connectivity index (χ0n) is 14.8. The lowest BCUT2D eigenvalue weighted by molar-refractivity contribution is -0.138. The number of nitrogens with zero attached hydrogens (tertiary/aromatic N) is 1. The fourth-order valence-electron chi connectivity index (χ4n) is 2.73. The largest absolute Gasteiger partial charge is 0.481 e. The highest BCUT2D eigenvalue weighted by molar-refractivity contribution is 8.26. The Kier molecular flexibility index (Phi) is 6.09. The summed E-state index contributed by atoms with van der Waals surface area (Å²) in [6.07, 6.45) is -3.06. The number of hydrogen-bond donors (Lipinski definition) is 1. The number of amides is 1. The van der Waals surface area contributed by atoms with Gasteiger partial charge in [0, 0.05) is 6.54 Å². The summed E-state index contributed by atoms with van der Waals surface area (Å²) in [5.41, 5.74) is 0.869. The molecule has 0 radical (unpaired) electrons. The molecule has 0 spiro atoms. The molecule has 2 aromatic carbocycles. The molecule has 0 unspecified atom stereocenters. The Morgan fingerprint density at radius 2 is 1.79 bits per heavy atom. The number of carbonyl (C=O) groups excluding carboxylic acids is 1. The molecule has 0 aliphatic carbocycles. The first kappa shape index (κ1) is 21.1. The molecule has 1 amide bonds. The molecule has 1 N–H and O–H groups in total. The van der Waals surface area contributed by atoms with Crippen LogP contribution in [0.5, 0.6) is 0 Å². The lowest BCUT2D eigenvalue weighted by Crippen LogP contribution is -2.30. The Hall–Kier alpha value is -2.65. The molecule has 0 saturated carbocycles. The van der Waals surface area contributed by atoms with Gasteiger partial charge in [0.05, 0.1) is 16.9 Å². The van der Waals surface area contributed by atoms with E-state index in [0.717, 1.165) is 23.9 Å². The lowest BCUT2D eigenvalue weighted by Gasteiger charge is -2.12. The molecule has 1 saturated heterocycles. The SMILES string of the molecule is O=C(O)CCN1C(=O)C(=Cc2cccc(-c3cccc(C(F)(F)F)c3)c2)SC1=S. The molecule has 0 aromatic heterocycles. The number of rotatable bonds is 5. The van der Waals surface area contributed by atoms with E-state index in [1.54, 1.807) is 36.4 Å². The van der Waals surface area contributed by atoms with Crippen LogP contribution in [0, 0.1) is 0 Å². The molecule has 150 valence electrons. The number of carbonyl (C=O) groups is 2. The van der Waals surface area contributed by atoms with Crippen molar-refractivity contribution in [3.63, 3.8) is 0 Å². The summed E-state index contributed by atoms with van der Waals surface area (Å²) in [6.45, 7) is -0.0123. The van der Waals surface area contributed by atoms with Gasteiger partial charge in [-0.1, -0.05) is 54.3 Å². The Morgan fingerprint density at radius 3 is 2.45 bits per heavy atom. The van der Waals surface area contributed by atoms with E-state index in [-0.39, 0.29) is 23.2 Å². The van der Waals surface area contributed by atoms with Crippen molar-refractivity contribution in [3.8, 4) is 11.1 Å². The number of aliphatic carboxylic acids is 1. The zero-order chi connectivity index (χ0) is 21.2. The molecule has 1 aliphatic rings. The standard InChI is InChI=1S/C20H14F3NO3S2/c21-20(22,23)15-6-2-5-14(11-15)13-4-1-3-12(9-13)10-16-18(27)24(19(28)29-16)8-7-17(25)26/h1-6,9-11H,7-8H2,(H,25,26). The maximum absolute atomic E-state index is 13.0. The number of carboxylic acid groups (broad SMARTS) is 1. The number of halogens is 3. The Labute approximate surface area is 174 Å². The second kappa shape index (κ2) is 8.38. The van der Waals surface area contributed by atoms with Gasteiger partial charge in [-0.05, 0) is 41.0 Å². The summed E-state index contributed by atoms with van der Waals surface area (Å²) in [6, 6.07) is 11.8. The van der Waals surface area contributed by atoms with Gasteiger partial charge in [0.2, 0.25) is 0 Å². The van der Waals surface area contributed by atoms with Crippen molar-refractivity contribution in [1.29, 1.82) is 0 Å². The average molecular weight is 437 g/mol. The highest BCUT2D eigenvalue weighted by Gasteiger charge is 2.32. The molecule has 1 fully saturated rings. The number of thiocarbonyl (C=S) groups is 1. The second-order valence-electron chi connectivity index (χ2n) is 6.18. The monoisotopic (exact) mass is 437 g/mol. The van der Waals surface area contributed by atoms with Gasteiger partial charge < -0.3 is 5.11 Å². The number of alkyl halides is 3. The minimum Gasteiger partial charge on any atom is -0.481 e. The van der Waals surface area contributed by atoms with Crippen LogP contribution < -0.4 is 0 Å². The van der Waals surface area contributed by atoms with Gasteiger partial charge in [-0.25, -0.2) is 0 Å². The molecule has 2 aromatic rings. The third kappa shape index (κ3) is 5.04. The molecule has 3 rings (SSSR count). The van der Waals surface area contributed by atoms with Gasteiger partial charge >= 0.3 is 12.1 Å². The van der Waals surface area contributed by atoms with Gasteiger partial charge in [-0.3, -0.25) is 14.5 Å². The molecule has 1 heterocycles. The first-order valence-electron chi connectivity index (χ1n) is 8.40. The van der Waals surface area contributed by atoms with Crippen LogP contribution >= 0.6 is 24.0 Å². The van der Waals surface area contributed by atoms with E-state index in [9.17, 15) is 22.8 Å². The lowest BCUT2D eigenvalue weighted by atomic mass is 10.0. The molecule has 9 heteroatoms. The van der Waals surface area contributed by atoms with Crippen LogP contribution in [-0.4, -0.2) is 32.7 Å². The van der Waals surface area contributed by atoms with E-state index in [1.165, 1.54) is 11.0 Å². The quantitative estimate of drug-likeness (QED) is 0.524. The van der Waals surface area contributed by atoms with Crippen molar-refractivity contribution in [3.05, 3.63) is 64.6 Å². The fourth-order valence-corrected chi connectivity index (χ4v) is 4.04. The number of thioether (sulfide) groups is 1. The highest BCUT2D eigenvalue weighted by atomic mass is 32.2. The van der Waals surface area contributed by atoms with Crippen LogP contribution in [0.3, 0.4) is 0 Å². The van der Waals surface area contributed by atoms with E-state index >= 15 is 0 Å². The van der Waals surface area contributed by atoms with Crippen molar-refractivity contribution in [2.24, 2.45) is 0 Å². The summed E-state index contributed by atoms with van der Waals surface area (Å²) < 4.78 is 39.2. The predicted octanol–water partition coefficient (Wildman–Crippen LogP) is 5.05. The van der Waals surface area contributed by atoms with Crippen molar-refractivity contribution < 1.29 is 27.9 Å². The Bertz CT molecular complexity index is 1020. The van der Waals surface area contributed by atoms with Crippen LogP contribution in [0.25, 0.3) is 17.2 Å². The van der Waals surface area contributed by atoms with Gasteiger partial charge in [-0.15, -0.1) is 0 Å². The van der Waals surface area contributed by atoms with Gasteiger partial charge in [-0.2, -0.15) is 13.2 Å². The normalized spacial score (nSPS) is 16.0. The second-order valence-corrected chi connectivity index (χ2v) is 7.86. The molecule has 1 aliphatic heterocycles. The molecular formula is C20H14F3NO3S2. The molecular weight excluding hydrogens is 423 g/mol. The van der Waals surface area contributed by atoms with Crippen molar-refractivity contribution in [1.82, 2.24) is 4.90 Å². The highest BCUT2D eigenvalue weighted by Crippen LogP contribution is 2.34. The van der Waals surface area contributed by atoms with Crippen LogP contribution in [0.4, 0.5) is 13.2 Å². The Morgan fingerprint density at radius 1 is 1.14 bits per heavy atom. The van der Waals surface area contributed by atoms with E-state index in [1.807, 2.05) is 0 Å². The summed E-state index contributed by atoms with van der Waals surface area (Å²) in [5, 5.41) is 8.78. The van der Waals surface area contributed by atoms with Crippen molar-refractivity contribution >= 4 is 46.3 Å². The molecule has 4 nitrogen and oxygen atoms in total. The average Bonchev–Trinajstić information content (AvgIpc) is 2.92. The number of hydrogen-bond acceptors (Lipinski definition) is 4. The minimum absolute atomic E-state index is 0.0123. The predicted molar refractivity (Wildman–Crippen MR) is 109 cm³/mol. The first-order chi connectivity index (χ1) is 13.6.